The van der Waals surface area contributed by atoms with Gasteiger partial charge in [0.2, 0.25) is 5.13 Å². The summed E-state index contributed by atoms with van der Waals surface area (Å²) >= 11 is 1.36. The highest BCUT2D eigenvalue weighted by atomic mass is 35.5. The maximum atomic E-state index is 5.84. The lowest BCUT2D eigenvalue weighted by molar-refractivity contribution is 0.0888. The SMILES string of the molecule is Cl.NC(N)=Nc1nc(C2COc3ccccc3O2)cs1. The van der Waals surface area contributed by atoms with Gasteiger partial charge < -0.3 is 20.9 Å². The number of fused-ring (bicyclic) bond motifs is 1. The van der Waals surface area contributed by atoms with Crippen LogP contribution in [0.15, 0.2) is 34.6 Å². The van der Waals surface area contributed by atoms with Crippen molar-refractivity contribution in [2.24, 2.45) is 16.5 Å². The molecule has 1 aliphatic rings. The fourth-order valence-electron chi connectivity index (χ4n) is 1.75. The predicted molar refractivity (Wildman–Crippen MR) is 80.1 cm³/mol. The molecule has 1 unspecified atom stereocenters. The molecule has 1 aromatic heterocycles. The molecule has 0 saturated heterocycles. The largest absolute Gasteiger partial charge is 0.485 e. The van der Waals surface area contributed by atoms with E-state index in [0.717, 1.165) is 17.2 Å². The van der Waals surface area contributed by atoms with Crippen LogP contribution in [0.25, 0.3) is 0 Å². The Morgan fingerprint density at radius 2 is 2.05 bits per heavy atom. The second kappa shape index (κ2) is 5.98. The van der Waals surface area contributed by atoms with Crippen LogP contribution in [0, 0.1) is 0 Å². The average molecular weight is 313 g/mol. The summed E-state index contributed by atoms with van der Waals surface area (Å²) in [5.74, 6) is 1.46. The number of hydrogen-bond donors (Lipinski definition) is 2. The van der Waals surface area contributed by atoms with Crippen molar-refractivity contribution in [3.8, 4) is 11.5 Å². The molecule has 106 valence electrons. The molecule has 0 bridgehead atoms. The number of benzene rings is 1. The Balaban J connectivity index is 0.00000147. The summed E-state index contributed by atoms with van der Waals surface area (Å²) in [6, 6.07) is 7.54. The van der Waals surface area contributed by atoms with Gasteiger partial charge in [0.15, 0.2) is 23.6 Å². The van der Waals surface area contributed by atoms with Crippen LogP contribution in [0.1, 0.15) is 11.8 Å². The lowest BCUT2D eigenvalue weighted by Gasteiger charge is -2.25. The molecule has 0 radical (unpaired) electrons. The van der Waals surface area contributed by atoms with Crippen molar-refractivity contribution in [2.75, 3.05) is 6.61 Å². The Bertz CT molecular complexity index is 627. The minimum atomic E-state index is -0.242. The Kier molecular flexibility index (Phi) is 4.31. The molecular weight excluding hydrogens is 300 g/mol. The van der Waals surface area contributed by atoms with Crippen molar-refractivity contribution in [1.82, 2.24) is 4.98 Å². The van der Waals surface area contributed by atoms with Gasteiger partial charge in [-0.05, 0) is 12.1 Å². The molecule has 0 aliphatic carbocycles. The number of nitrogens with two attached hydrogens (primary N) is 2. The van der Waals surface area contributed by atoms with E-state index in [0.29, 0.717) is 11.7 Å². The summed E-state index contributed by atoms with van der Waals surface area (Å²) in [5, 5.41) is 2.38. The number of guanidine groups is 1. The Labute approximate surface area is 125 Å². The number of thiazole rings is 1. The van der Waals surface area contributed by atoms with Gasteiger partial charge in [0.1, 0.15) is 6.61 Å². The van der Waals surface area contributed by atoms with Crippen molar-refractivity contribution < 1.29 is 9.47 Å². The van der Waals surface area contributed by atoms with Gasteiger partial charge in [0, 0.05) is 5.38 Å². The number of para-hydroxylation sites is 2. The van der Waals surface area contributed by atoms with Crippen LogP contribution in [0.4, 0.5) is 5.13 Å². The minimum absolute atomic E-state index is 0. The van der Waals surface area contributed by atoms with E-state index in [1.54, 1.807) is 0 Å². The van der Waals surface area contributed by atoms with E-state index in [1.807, 2.05) is 29.6 Å². The molecule has 1 atom stereocenters. The zero-order chi connectivity index (χ0) is 13.2. The zero-order valence-corrected chi connectivity index (χ0v) is 12.0. The molecule has 20 heavy (non-hydrogen) atoms. The number of halogens is 1. The molecule has 2 heterocycles. The molecule has 0 spiro atoms. The van der Waals surface area contributed by atoms with E-state index in [1.165, 1.54) is 11.3 Å². The Morgan fingerprint density at radius 3 is 2.80 bits per heavy atom. The van der Waals surface area contributed by atoms with Crippen LogP contribution in [0.5, 0.6) is 11.5 Å². The van der Waals surface area contributed by atoms with Crippen LogP contribution < -0.4 is 20.9 Å². The highest BCUT2D eigenvalue weighted by Crippen LogP contribution is 2.36. The average Bonchev–Trinajstić information content (AvgIpc) is 2.86. The van der Waals surface area contributed by atoms with Crippen molar-refractivity contribution in [1.29, 1.82) is 0 Å². The number of rotatable bonds is 2. The molecule has 1 aliphatic heterocycles. The topological polar surface area (TPSA) is 95.8 Å². The van der Waals surface area contributed by atoms with E-state index in [-0.39, 0.29) is 24.5 Å². The van der Waals surface area contributed by atoms with Gasteiger partial charge in [-0.25, -0.2) is 4.98 Å². The summed E-state index contributed by atoms with van der Waals surface area (Å²) in [6.07, 6.45) is -0.242. The van der Waals surface area contributed by atoms with Gasteiger partial charge >= 0.3 is 0 Å². The smallest absolute Gasteiger partial charge is 0.212 e. The lowest BCUT2D eigenvalue weighted by Crippen LogP contribution is -2.22. The fourth-order valence-corrected chi connectivity index (χ4v) is 2.50. The summed E-state index contributed by atoms with van der Waals surface area (Å²) in [4.78, 5) is 8.22. The van der Waals surface area contributed by atoms with E-state index in [2.05, 4.69) is 9.98 Å². The third-order valence-corrected chi connectivity index (χ3v) is 3.33. The predicted octanol–water partition coefficient (Wildman–Crippen LogP) is 1.98. The second-order valence-corrected chi connectivity index (χ2v) is 4.79. The standard InChI is InChI=1S/C12H12N4O2S.ClH/c13-11(14)16-12-15-7(6-19-12)10-5-17-8-3-1-2-4-9(8)18-10;/h1-4,6,10H,5H2,(H4,13,14,15,16);1H. The van der Waals surface area contributed by atoms with Crippen molar-refractivity contribution in [2.45, 2.75) is 6.10 Å². The monoisotopic (exact) mass is 312 g/mol. The van der Waals surface area contributed by atoms with Gasteiger partial charge in [0.05, 0.1) is 5.69 Å². The number of aromatic nitrogens is 1. The zero-order valence-electron chi connectivity index (χ0n) is 10.4. The summed E-state index contributed by atoms with van der Waals surface area (Å²) in [7, 11) is 0. The van der Waals surface area contributed by atoms with Crippen LogP contribution in [0.2, 0.25) is 0 Å². The van der Waals surface area contributed by atoms with E-state index >= 15 is 0 Å². The maximum Gasteiger partial charge on any atom is 0.212 e. The highest BCUT2D eigenvalue weighted by molar-refractivity contribution is 7.13. The summed E-state index contributed by atoms with van der Waals surface area (Å²) < 4.78 is 11.5. The second-order valence-electron chi connectivity index (χ2n) is 3.96. The van der Waals surface area contributed by atoms with Gasteiger partial charge in [-0.1, -0.05) is 12.1 Å². The Morgan fingerprint density at radius 1 is 1.30 bits per heavy atom. The van der Waals surface area contributed by atoms with Gasteiger partial charge in [-0.2, -0.15) is 4.99 Å². The number of aliphatic imine (C=N–C) groups is 1. The molecule has 0 fully saturated rings. The van der Waals surface area contributed by atoms with Crippen LogP contribution in [-0.4, -0.2) is 17.6 Å². The molecule has 3 rings (SSSR count). The maximum absolute atomic E-state index is 5.84. The normalized spacial score (nSPS) is 16.1. The first-order valence-corrected chi connectivity index (χ1v) is 6.54. The van der Waals surface area contributed by atoms with E-state index < -0.39 is 0 Å². The Hall–Kier alpha value is -1.99. The fraction of sp³-hybridized carbons (Fsp3) is 0.167. The third-order valence-electron chi connectivity index (χ3n) is 2.57. The molecule has 2 aromatic rings. The van der Waals surface area contributed by atoms with Gasteiger partial charge in [-0.15, -0.1) is 23.7 Å². The molecule has 0 saturated carbocycles. The van der Waals surface area contributed by atoms with Crippen LogP contribution >= 0.6 is 23.7 Å². The van der Waals surface area contributed by atoms with E-state index in [4.69, 9.17) is 20.9 Å². The molecule has 4 N–H and O–H groups in total. The first kappa shape index (κ1) is 14.4. The first-order valence-electron chi connectivity index (χ1n) is 5.66. The first-order chi connectivity index (χ1) is 9.22. The molecule has 1 aromatic carbocycles. The van der Waals surface area contributed by atoms with Crippen molar-refractivity contribution in [3.05, 3.63) is 35.3 Å². The van der Waals surface area contributed by atoms with E-state index in [9.17, 15) is 0 Å². The van der Waals surface area contributed by atoms with Crippen LogP contribution in [0.3, 0.4) is 0 Å². The number of ether oxygens (including phenoxy) is 2. The van der Waals surface area contributed by atoms with Crippen LogP contribution in [-0.2, 0) is 0 Å². The van der Waals surface area contributed by atoms with Crippen molar-refractivity contribution >= 4 is 34.8 Å². The molecular formula is C12H13ClN4O2S. The third kappa shape index (κ3) is 2.94. The highest BCUT2D eigenvalue weighted by Gasteiger charge is 2.24. The van der Waals surface area contributed by atoms with Gasteiger partial charge in [0.25, 0.3) is 0 Å². The minimum Gasteiger partial charge on any atom is -0.485 e. The molecule has 8 heteroatoms. The molecule has 6 nitrogen and oxygen atoms in total. The molecule has 0 amide bonds. The van der Waals surface area contributed by atoms with Crippen molar-refractivity contribution in [3.63, 3.8) is 0 Å². The quantitative estimate of drug-likeness (QED) is 0.653. The van der Waals surface area contributed by atoms with Gasteiger partial charge in [-0.3, -0.25) is 0 Å². The number of hydrogen-bond acceptors (Lipinski definition) is 5. The summed E-state index contributed by atoms with van der Waals surface area (Å²) in [6.45, 7) is 0.419. The lowest BCUT2D eigenvalue weighted by atomic mass is 10.2. The summed E-state index contributed by atoms with van der Waals surface area (Å²) in [5.41, 5.74) is 11.4. The number of nitrogens with zero attached hydrogens (tertiary/aromatic N) is 2.